The first-order valence-electron chi connectivity index (χ1n) is 5.55. The lowest BCUT2D eigenvalue weighted by Crippen LogP contribution is -2.27. The molecule has 15 heavy (non-hydrogen) atoms. The van der Waals surface area contributed by atoms with Crippen molar-refractivity contribution in [3.63, 3.8) is 0 Å². The third kappa shape index (κ3) is 1.76. The number of amides is 1. The van der Waals surface area contributed by atoms with Crippen molar-refractivity contribution < 1.29 is 4.79 Å². The van der Waals surface area contributed by atoms with Crippen LogP contribution >= 0.6 is 0 Å². The van der Waals surface area contributed by atoms with E-state index in [0.717, 1.165) is 43.7 Å². The molecular weight excluding hydrogens is 190 g/mol. The minimum absolute atomic E-state index is 0.143. The van der Waals surface area contributed by atoms with Crippen LogP contribution in [0.5, 0.6) is 0 Å². The molecule has 1 aliphatic heterocycles. The monoisotopic (exact) mass is 207 g/mol. The van der Waals surface area contributed by atoms with Gasteiger partial charge in [-0.15, -0.1) is 0 Å². The lowest BCUT2D eigenvalue weighted by molar-refractivity contribution is 0.0792. The second-order valence-corrected chi connectivity index (χ2v) is 3.96. The number of aromatic nitrogens is 2. The van der Waals surface area contributed by atoms with E-state index in [1.54, 1.807) is 6.20 Å². The first-order chi connectivity index (χ1) is 7.24. The van der Waals surface area contributed by atoms with Gasteiger partial charge in [0.05, 0.1) is 11.8 Å². The maximum Gasteiger partial charge on any atom is 0.257 e. The number of hydrogen-bond acceptors (Lipinski definition) is 2. The molecule has 2 rings (SSSR count). The van der Waals surface area contributed by atoms with Crippen LogP contribution in [0.1, 0.15) is 35.8 Å². The molecule has 1 aromatic heterocycles. The van der Waals surface area contributed by atoms with Crippen molar-refractivity contribution in [2.75, 3.05) is 13.1 Å². The third-order valence-corrected chi connectivity index (χ3v) is 3.03. The highest BCUT2D eigenvalue weighted by molar-refractivity contribution is 5.95. The highest BCUT2D eigenvalue weighted by atomic mass is 16.2. The SMILES string of the molecule is CCn1ncc(C(=O)N2CCCC2)c1C. The number of hydrogen-bond donors (Lipinski definition) is 0. The Morgan fingerprint density at radius 2 is 2.13 bits per heavy atom. The second-order valence-electron chi connectivity index (χ2n) is 3.96. The Balaban J connectivity index is 2.21. The van der Waals surface area contributed by atoms with Crippen LogP contribution in [0.4, 0.5) is 0 Å². The highest BCUT2D eigenvalue weighted by Gasteiger charge is 2.22. The molecule has 0 bridgehead atoms. The van der Waals surface area contributed by atoms with Crippen LogP contribution in [0.15, 0.2) is 6.20 Å². The molecule has 0 aromatic carbocycles. The van der Waals surface area contributed by atoms with E-state index in [1.807, 2.05) is 23.4 Å². The Morgan fingerprint density at radius 1 is 1.47 bits per heavy atom. The summed E-state index contributed by atoms with van der Waals surface area (Å²) in [7, 11) is 0. The molecule has 0 radical (unpaired) electrons. The molecule has 4 heteroatoms. The van der Waals surface area contributed by atoms with E-state index in [-0.39, 0.29) is 5.91 Å². The van der Waals surface area contributed by atoms with Crippen molar-refractivity contribution in [3.8, 4) is 0 Å². The Morgan fingerprint density at radius 3 is 2.67 bits per heavy atom. The normalized spacial score (nSPS) is 16.0. The first-order valence-corrected chi connectivity index (χ1v) is 5.55. The van der Waals surface area contributed by atoms with Crippen LogP contribution in [0.3, 0.4) is 0 Å². The van der Waals surface area contributed by atoms with Gasteiger partial charge in [0.15, 0.2) is 0 Å². The number of carbonyl (C=O) groups excluding carboxylic acids is 1. The molecule has 2 heterocycles. The number of likely N-dealkylation sites (tertiary alicyclic amines) is 1. The van der Waals surface area contributed by atoms with Gasteiger partial charge in [0, 0.05) is 25.3 Å². The van der Waals surface area contributed by atoms with Crippen LogP contribution in [-0.2, 0) is 6.54 Å². The van der Waals surface area contributed by atoms with Crippen molar-refractivity contribution in [1.82, 2.24) is 14.7 Å². The van der Waals surface area contributed by atoms with Gasteiger partial charge in [-0.05, 0) is 26.7 Å². The average Bonchev–Trinajstić information content (AvgIpc) is 2.85. The molecule has 82 valence electrons. The summed E-state index contributed by atoms with van der Waals surface area (Å²) in [6, 6.07) is 0. The largest absolute Gasteiger partial charge is 0.339 e. The highest BCUT2D eigenvalue weighted by Crippen LogP contribution is 2.15. The lowest BCUT2D eigenvalue weighted by Gasteiger charge is -2.14. The molecule has 1 amide bonds. The molecule has 0 N–H and O–H groups in total. The molecule has 1 fully saturated rings. The van der Waals surface area contributed by atoms with Crippen LogP contribution in [0.2, 0.25) is 0 Å². The Hall–Kier alpha value is -1.32. The van der Waals surface area contributed by atoms with Crippen molar-refractivity contribution in [1.29, 1.82) is 0 Å². The van der Waals surface area contributed by atoms with Gasteiger partial charge in [-0.25, -0.2) is 0 Å². The summed E-state index contributed by atoms with van der Waals surface area (Å²) in [5, 5.41) is 4.20. The molecule has 4 nitrogen and oxygen atoms in total. The number of rotatable bonds is 2. The summed E-state index contributed by atoms with van der Waals surface area (Å²) in [6.07, 6.45) is 3.96. The van der Waals surface area contributed by atoms with E-state index in [1.165, 1.54) is 0 Å². The Labute approximate surface area is 89.9 Å². The van der Waals surface area contributed by atoms with Gasteiger partial charge in [-0.1, -0.05) is 0 Å². The predicted molar refractivity (Wildman–Crippen MR) is 57.8 cm³/mol. The van der Waals surface area contributed by atoms with Gasteiger partial charge in [-0.2, -0.15) is 5.10 Å². The zero-order valence-corrected chi connectivity index (χ0v) is 9.36. The van der Waals surface area contributed by atoms with Crippen LogP contribution in [-0.4, -0.2) is 33.7 Å². The lowest BCUT2D eigenvalue weighted by atomic mass is 10.2. The topological polar surface area (TPSA) is 38.1 Å². The van der Waals surface area contributed by atoms with Gasteiger partial charge < -0.3 is 4.90 Å². The van der Waals surface area contributed by atoms with E-state index < -0.39 is 0 Å². The molecule has 1 aromatic rings. The molecule has 0 spiro atoms. The van der Waals surface area contributed by atoms with Crippen molar-refractivity contribution >= 4 is 5.91 Å². The standard InChI is InChI=1S/C11H17N3O/c1-3-14-9(2)10(8-12-14)11(15)13-6-4-5-7-13/h8H,3-7H2,1-2H3. The molecular formula is C11H17N3O. The van der Waals surface area contributed by atoms with Crippen LogP contribution in [0.25, 0.3) is 0 Å². The van der Waals surface area contributed by atoms with Crippen LogP contribution in [0, 0.1) is 6.92 Å². The maximum atomic E-state index is 12.1. The second kappa shape index (κ2) is 4.04. The van der Waals surface area contributed by atoms with Gasteiger partial charge in [0.2, 0.25) is 0 Å². The van der Waals surface area contributed by atoms with E-state index in [2.05, 4.69) is 5.10 Å². The number of aryl methyl sites for hydroxylation is 1. The average molecular weight is 207 g/mol. The number of carbonyl (C=O) groups is 1. The van der Waals surface area contributed by atoms with Crippen molar-refractivity contribution in [2.45, 2.75) is 33.2 Å². The van der Waals surface area contributed by atoms with Gasteiger partial charge >= 0.3 is 0 Å². The smallest absolute Gasteiger partial charge is 0.257 e. The van der Waals surface area contributed by atoms with Gasteiger partial charge in [0.1, 0.15) is 0 Å². The summed E-state index contributed by atoms with van der Waals surface area (Å²) in [4.78, 5) is 14.0. The molecule has 0 unspecified atom stereocenters. The zero-order chi connectivity index (χ0) is 10.8. The fourth-order valence-corrected chi connectivity index (χ4v) is 2.07. The van der Waals surface area contributed by atoms with Gasteiger partial charge in [-0.3, -0.25) is 9.48 Å². The Kier molecular flexibility index (Phi) is 2.75. The molecule has 0 atom stereocenters. The van der Waals surface area contributed by atoms with E-state index >= 15 is 0 Å². The first kappa shape index (κ1) is 10.2. The van der Waals surface area contributed by atoms with Gasteiger partial charge in [0.25, 0.3) is 5.91 Å². The van der Waals surface area contributed by atoms with Crippen molar-refractivity contribution in [2.24, 2.45) is 0 Å². The fraction of sp³-hybridized carbons (Fsp3) is 0.636. The number of nitrogens with zero attached hydrogens (tertiary/aromatic N) is 3. The Bertz CT molecular complexity index is 364. The minimum Gasteiger partial charge on any atom is -0.339 e. The fourth-order valence-electron chi connectivity index (χ4n) is 2.07. The van der Waals surface area contributed by atoms with E-state index in [4.69, 9.17) is 0 Å². The molecule has 0 aliphatic carbocycles. The quantitative estimate of drug-likeness (QED) is 0.736. The summed E-state index contributed by atoms with van der Waals surface area (Å²) < 4.78 is 1.86. The van der Waals surface area contributed by atoms with Crippen LogP contribution < -0.4 is 0 Å². The minimum atomic E-state index is 0.143. The summed E-state index contributed by atoms with van der Waals surface area (Å²) in [5.41, 5.74) is 1.74. The molecule has 0 saturated carbocycles. The third-order valence-electron chi connectivity index (χ3n) is 3.03. The van der Waals surface area contributed by atoms with E-state index in [9.17, 15) is 4.79 Å². The maximum absolute atomic E-state index is 12.1. The summed E-state index contributed by atoms with van der Waals surface area (Å²) >= 11 is 0. The molecule has 1 saturated heterocycles. The summed E-state index contributed by atoms with van der Waals surface area (Å²) in [6.45, 7) is 6.61. The summed E-state index contributed by atoms with van der Waals surface area (Å²) in [5.74, 6) is 0.143. The zero-order valence-electron chi connectivity index (χ0n) is 9.36. The van der Waals surface area contributed by atoms with E-state index in [0.29, 0.717) is 0 Å². The van der Waals surface area contributed by atoms with Crippen molar-refractivity contribution in [3.05, 3.63) is 17.5 Å². The predicted octanol–water partition coefficient (Wildman–Crippen LogP) is 1.45. The molecule has 1 aliphatic rings.